The lowest BCUT2D eigenvalue weighted by Crippen LogP contribution is -2.69. The molecule has 30 heavy (non-hydrogen) atoms. The van der Waals surface area contributed by atoms with Crippen LogP contribution in [0.3, 0.4) is 0 Å². The molecule has 158 valence electrons. The molecule has 1 heterocycles. The zero-order valence-electron chi connectivity index (χ0n) is 15.4. The van der Waals surface area contributed by atoms with E-state index in [-0.39, 0.29) is 15.3 Å². The van der Waals surface area contributed by atoms with Gasteiger partial charge < -0.3 is 15.4 Å². The van der Waals surface area contributed by atoms with Crippen molar-refractivity contribution in [1.82, 2.24) is 10.3 Å². The Morgan fingerprint density at radius 3 is 2.47 bits per heavy atom. The Kier molecular flexibility index (Phi) is 5.92. The number of hydrogen-bond acceptors (Lipinski definition) is 6. The van der Waals surface area contributed by atoms with E-state index < -0.39 is 36.0 Å². The quantitative estimate of drug-likeness (QED) is 0.347. The normalized spacial score (nSPS) is 13.5. The van der Waals surface area contributed by atoms with Gasteiger partial charge in [-0.2, -0.15) is 13.2 Å². The summed E-state index contributed by atoms with van der Waals surface area (Å²) in [5, 5.41) is 3.33. The van der Waals surface area contributed by atoms with Gasteiger partial charge in [-0.25, -0.2) is 14.2 Å². The molecule has 0 spiro atoms. The minimum absolute atomic E-state index is 0.223. The Morgan fingerprint density at radius 1 is 1.13 bits per heavy atom. The molecular formula is C19H15F4N3O3S. The number of ether oxygens (including phenoxy) is 1. The molecule has 1 amide bonds. The van der Waals surface area contributed by atoms with Gasteiger partial charge in [-0.3, -0.25) is 4.79 Å². The van der Waals surface area contributed by atoms with Gasteiger partial charge in [0.1, 0.15) is 5.82 Å². The first-order valence-electron chi connectivity index (χ1n) is 8.49. The Morgan fingerprint density at radius 2 is 1.83 bits per heavy atom. The van der Waals surface area contributed by atoms with Gasteiger partial charge in [0.25, 0.3) is 0 Å². The van der Waals surface area contributed by atoms with Crippen molar-refractivity contribution in [3.8, 4) is 0 Å². The predicted octanol–water partition coefficient (Wildman–Crippen LogP) is 3.64. The molecule has 0 saturated carbocycles. The fourth-order valence-electron chi connectivity index (χ4n) is 2.69. The van der Waals surface area contributed by atoms with Crippen LogP contribution in [0.25, 0.3) is 10.2 Å². The molecule has 2 N–H and O–H groups in total. The second-order valence-corrected chi connectivity index (χ2v) is 7.24. The van der Waals surface area contributed by atoms with Crippen LogP contribution in [0.5, 0.6) is 0 Å². The highest BCUT2D eigenvalue weighted by Crippen LogP contribution is 2.36. The molecule has 0 fully saturated rings. The van der Waals surface area contributed by atoms with E-state index in [1.165, 1.54) is 6.07 Å². The Hall–Kier alpha value is -3.21. The third-order valence-electron chi connectivity index (χ3n) is 4.10. The van der Waals surface area contributed by atoms with Crippen molar-refractivity contribution in [1.29, 1.82) is 0 Å². The highest BCUT2D eigenvalue weighted by molar-refractivity contribution is 7.22. The molecule has 11 heteroatoms. The highest BCUT2D eigenvalue weighted by atomic mass is 32.1. The summed E-state index contributed by atoms with van der Waals surface area (Å²) in [4.78, 5) is 28.6. The summed E-state index contributed by atoms with van der Waals surface area (Å²) < 4.78 is 60.1. The number of hydrogen-bond donors (Lipinski definition) is 2. The van der Waals surface area contributed by atoms with E-state index in [2.05, 4.69) is 9.72 Å². The maximum Gasteiger partial charge on any atom is 0.442 e. The van der Waals surface area contributed by atoms with Gasteiger partial charge in [-0.15, -0.1) is 0 Å². The molecule has 6 nitrogen and oxygen atoms in total. The number of methoxy groups -OCH3 is 1. The third kappa shape index (κ3) is 4.35. The van der Waals surface area contributed by atoms with Crippen LogP contribution in [0.1, 0.15) is 5.56 Å². The molecule has 0 aliphatic rings. The number of amides is 1. The maximum atomic E-state index is 14.1. The van der Waals surface area contributed by atoms with E-state index in [0.717, 1.165) is 19.2 Å². The minimum atomic E-state index is -5.28. The van der Waals surface area contributed by atoms with Crippen LogP contribution >= 0.6 is 11.3 Å². The van der Waals surface area contributed by atoms with Crippen molar-refractivity contribution < 1.29 is 31.9 Å². The monoisotopic (exact) mass is 441 g/mol. The number of nitrogens with one attached hydrogen (secondary N) is 2. The van der Waals surface area contributed by atoms with Crippen molar-refractivity contribution in [3.05, 3.63) is 59.9 Å². The number of rotatable bonds is 6. The number of esters is 1. The summed E-state index contributed by atoms with van der Waals surface area (Å²) in [5.41, 5.74) is -2.91. The van der Waals surface area contributed by atoms with Crippen molar-refractivity contribution >= 4 is 38.6 Å². The van der Waals surface area contributed by atoms with Crippen LogP contribution in [0.2, 0.25) is 0 Å². The molecule has 2 aromatic carbocycles. The number of carbonyl (C=O) groups is 2. The van der Waals surface area contributed by atoms with Gasteiger partial charge in [0.2, 0.25) is 5.91 Å². The first kappa shape index (κ1) is 21.5. The average molecular weight is 441 g/mol. The Labute approximate surface area is 171 Å². The SMILES string of the molecule is COC(=O)[C@](NC(=O)Cc1ccccc1)(Nc1nc2ccc(F)cc2s1)C(F)(F)F. The molecule has 0 aliphatic carbocycles. The topological polar surface area (TPSA) is 80.3 Å². The zero-order chi connectivity index (χ0) is 21.9. The average Bonchev–Trinajstić information content (AvgIpc) is 3.07. The number of halogens is 4. The number of anilines is 1. The predicted molar refractivity (Wildman–Crippen MR) is 102 cm³/mol. The van der Waals surface area contributed by atoms with Crippen LogP contribution in [0, 0.1) is 5.82 Å². The lowest BCUT2D eigenvalue weighted by Gasteiger charge is -2.34. The largest absolute Gasteiger partial charge is 0.466 e. The van der Waals surface area contributed by atoms with Gasteiger partial charge in [-0.05, 0) is 23.8 Å². The van der Waals surface area contributed by atoms with E-state index in [4.69, 9.17) is 0 Å². The van der Waals surface area contributed by atoms with Gasteiger partial charge in [-0.1, -0.05) is 41.7 Å². The van der Waals surface area contributed by atoms with Crippen molar-refractivity contribution in [2.24, 2.45) is 0 Å². The van der Waals surface area contributed by atoms with Crippen LogP contribution in [0.4, 0.5) is 22.7 Å². The van der Waals surface area contributed by atoms with E-state index >= 15 is 0 Å². The summed E-state index contributed by atoms with van der Waals surface area (Å²) in [6, 6.07) is 11.5. The summed E-state index contributed by atoms with van der Waals surface area (Å²) >= 11 is 0.692. The fourth-order valence-corrected chi connectivity index (χ4v) is 3.64. The summed E-state index contributed by atoms with van der Waals surface area (Å²) in [6.07, 6.45) is -5.68. The standard InChI is InChI=1S/C19H15F4N3O3S/c1-29-16(28)18(19(21,22)23,25-15(27)9-11-5-3-2-4-6-11)26-17-24-13-8-7-12(20)10-14(13)30-17/h2-8,10H,9H2,1H3,(H,24,26)(H,25,27)/t18-/m0/s1. The van der Waals surface area contributed by atoms with Crippen molar-refractivity contribution in [2.75, 3.05) is 12.4 Å². The molecular weight excluding hydrogens is 426 g/mol. The third-order valence-corrected chi connectivity index (χ3v) is 5.03. The van der Waals surface area contributed by atoms with Crippen molar-refractivity contribution in [3.63, 3.8) is 0 Å². The first-order valence-corrected chi connectivity index (χ1v) is 9.30. The van der Waals surface area contributed by atoms with Crippen LogP contribution in [0.15, 0.2) is 48.5 Å². The zero-order valence-corrected chi connectivity index (χ0v) is 16.2. The summed E-state index contributed by atoms with van der Waals surface area (Å²) in [5.74, 6) is -3.44. The van der Waals surface area contributed by atoms with E-state index in [0.29, 0.717) is 16.9 Å². The molecule has 0 radical (unpaired) electrons. The lowest BCUT2D eigenvalue weighted by molar-refractivity contribution is -0.206. The van der Waals surface area contributed by atoms with E-state index in [1.54, 1.807) is 35.6 Å². The lowest BCUT2D eigenvalue weighted by atomic mass is 10.1. The van der Waals surface area contributed by atoms with Gasteiger partial charge in [0.05, 0.1) is 23.7 Å². The molecule has 0 aliphatic heterocycles. The molecule has 1 aromatic heterocycles. The fraction of sp³-hybridized carbons (Fsp3) is 0.211. The van der Waals surface area contributed by atoms with E-state index in [9.17, 15) is 27.2 Å². The minimum Gasteiger partial charge on any atom is -0.466 e. The number of carbonyl (C=O) groups excluding carboxylic acids is 2. The number of benzene rings is 2. The van der Waals surface area contributed by atoms with Crippen LogP contribution in [-0.4, -0.2) is 35.8 Å². The van der Waals surface area contributed by atoms with Gasteiger partial charge >= 0.3 is 17.8 Å². The van der Waals surface area contributed by atoms with E-state index in [1.807, 2.05) is 5.32 Å². The number of fused-ring (bicyclic) bond motifs is 1. The number of thiazole rings is 1. The Bertz CT molecular complexity index is 1070. The molecule has 3 rings (SSSR count). The number of alkyl halides is 3. The summed E-state index contributed by atoms with van der Waals surface area (Å²) in [7, 11) is 0.765. The van der Waals surface area contributed by atoms with Crippen LogP contribution < -0.4 is 10.6 Å². The maximum absolute atomic E-state index is 14.1. The van der Waals surface area contributed by atoms with Gasteiger partial charge in [0.15, 0.2) is 5.13 Å². The van der Waals surface area contributed by atoms with Crippen LogP contribution in [-0.2, 0) is 20.7 Å². The van der Waals surface area contributed by atoms with Gasteiger partial charge in [0, 0.05) is 0 Å². The first-order chi connectivity index (χ1) is 14.1. The highest BCUT2D eigenvalue weighted by Gasteiger charge is 2.63. The molecule has 0 bridgehead atoms. The van der Waals surface area contributed by atoms with Crippen molar-refractivity contribution in [2.45, 2.75) is 18.3 Å². The number of nitrogens with zero attached hydrogens (tertiary/aromatic N) is 1. The molecule has 0 unspecified atom stereocenters. The molecule has 0 saturated heterocycles. The smallest absolute Gasteiger partial charge is 0.442 e. The second-order valence-electron chi connectivity index (χ2n) is 6.21. The second kappa shape index (κ2) is 8.27. The Balaban J connectivity index is 1.97. The molecule has 1 atom stereocenters. The summed E-state index contributed by atoms with van der Waals surface area (Å²) in [6.45, 7) is 0. The molecule has 3 aromatic rings. The number of aromatic nitrogens is 1.